The number of nitrogens with zero attached hydrogens (tertiary/aromatic N) is 2. The molecule has 0 amide bonds. The van der Waals surface area contributed by atoms with Crippen LogP contribution in [0.5, 0.6) is 0 Å². The van der Waals surface area contributed by atoms with Gasteiger partial charge in [0.05, 0.1) is 10.2 Å². The molecule has 2 unspecified atom stereocenters. The van der Waals surface area contributed by atoms with E-state index in [2.05, 4.69) is 46.6 Å². The highest BCUT2D eigenvalue weighted by atomic mass is 32.2. The van der Waals surface area contributed by atoms with Crippen LogP contribution < -0.4 is 5.32 Å². The van der Waals surface area contributed by atoms with Crippen molar-refractivity contribution in [2.24, 2.45) is 0 Å². The largest absolute Gasteiger partial charge is 0.381 e. The molecule has 112 valence electrons. The summed E-state index contributed by atoms with van der Waals surface area (Å²) in [6.07, 6.45) is 6.15. The summed E-state index contributed by atoms with van der Waals surface area (Å²) in [5.74, 6) is 0. The van der Waals surface area contributed by atoms with Crippen LogP contribution >= 0.6 is 23.1 Å². The van der Waals surface area contributed by atoms with Gasteiger partial charge in [-0.15, -0.1) is 11.3 Å². The zero-order valence-corrected chi connectivity index (χ0v) is 14.1. The maximum absolute atomic E-state index is 4.61. The number of hydrogen-bond acceptors (Lipinski definition) is 5. The average molecular weight is 319 g/mol. The third-order valence-electron chi connectivity index (χ3n) is 4.55. The molecule has 21 heavy (non-hydrogen) atoms. The fourth-order valence-corrected chi connectivity index (χ4v) is 4.92. The molecule has 2 aromatic rings. The molecule has 0 spiro atoms. The Morgan fingerprint density at radius 3 is 3.00 bits per heavy atom. The Bertz CT molecular complexity index is 650. The van der Waals surface area contributed by atoms with Crippen molar-refractivity contribution >= 4 is 39.0 Å². The molecule has 0 radical (unpaired) electrons. The fourth-order valence-electron chi connectivity index (χ4n) is 3.39. The zero-order valence-electron chi connectivity index (χ0n) is 12.5. The molecule has 2 atom stereocenters. The minimum atomic E-state index is 0.589. The third kappa shape index (κ3) is 2.79. The fraction of sp³-hybridized carbons (Fsp3) is 0.562. The van der Waals surface area contributed by atoms with Gasteiger partial charge in [-0.2, -0.15) is 0 Å². The van der Waals surface area contributed by atoms with Gasteiger partial charge >= 0.3 is 0 Å². The zero-order chi connectivity index (χ0) is 14.4. The first-order chi connectivity index (χ1) is 10.2. The summed E-state index contributed by atoms with van der Waals surface area (Å²) in [7, 11) is 0. The van der Waals surface area contributed by atoms with Gasteiger partial charge in [0, 0.05) is 30.4 Å². The number of aromatic nitrogens is 1. The van der Waals surface area contributed by atoms with E-state index in [4.69, 9.17) is 0 Å². The number of anilines is 1. The molecule has 1 aliphatic heterocycles. The first-order valence-electron chi connectivity index (χ1n) is 7.70. The highest BCUT2D eigenvalue weighted by Gasteiger charge is 2.38. The van der Waals surface area contributed by atoms with Gasteiger partial charge in [-0.05, 0) is 50.6 Å². The van der Waals surface area contributed by atoms with E-state index in [0.717, 1.165) is 21.9 Å². The normalized spacial score (nSPS) is 26.6. The summed E-state index contributed by atoms with van der Waals surface area (Å²) in [5, 5.41) is 3.73. The van der Waals surface area contributed by atoms with Gasteiger partial charge in [0.2, 0.25) is 0 Å². The lowest BCUT2D eigenvalue weighted by molar-refractivity contribution is 0.257. The van der Waals surface area contributed by atoms with Crippen LogP contribution in [0.2, 0.25) is 0 Å². The van der Waals surface area contributed by atoms with Crippen LogP contribution in [-0.4, -0.2) is 40.8 Å². The van der Waals surface area contributed by atoms with E-state index in [1.807, 2.05) is 0 Å². The van der Waals surface area contributed by atoms with Gasteiger partial charge in [0.15, 0.2) is 4.34 Å². The Labute approximate surface area is 134 Å². The van der Waals surface area contributed by atoms with Crippen molar-refractivity contribution < 1.29 is 0 Å². The first kappa shape index (κ1) is 13.9. The monoisotopic (exact) mass is 319 g/mol. The number of hydrogen-bond donors (Lipinski definition) is 1. The van der Waals surface area contributed by atoms with Crippen molar-refractivity contribution in [3.8, 4) is 0 Å². The number of nitrogens with one attached hydrogen (secondary N) is 1. The summed E-state index contributed by atoms with van der Waals surface area (Å²) in [4.78, 5) is 7.29. The lowest BCUT2D eigenvalue weighted by Gasteiger charge is -2.19. The van der Waals surface area contributed by atoms with Crippen molar-refractivity contribution in [2.45, 2.75) is 48.7 Å². The van der Waals surface area contributed by atoms with Crippen LogP contribution in [-0.2, 0) is 0 Å². The predicted molar refractivity (Wildman–Crippen MR) is 92.6 cm³/mol. The maximum Gasteiger partial charge on any atom is 0.150 e. The predicted octanol–water partition coefficient (Wildman–Crippen LogP) is 4.06. The molecule has 1 aliphatic carbocycles. The Morgan fingerprint density at radius 1 is 1.38 bits per heavy atom. The molecule has 4 rings (SSSR count). The molecule has 2 aliphatic rings. The number of rotatable bonds is 4. The molecule has 2 heterocycles. The minimum absolute atomic E-state index is 0.589. The van der Waals surface area contributed by atoms with Crippen molar-refractivity contribution in [1.82, 2.24) is 9.88 Å². The van der Waals surface area contributed by atoms with Crippen LogP contribution in [0, 0.1) is 0 Å². The van der Waals surface area contributed by atoms with E-state index in [0.29, 0.717) is 6.04 Å². The molecule has 5 heteroatoms. The number of thiazole rings is 1. The van der Waals surface area contributed by atoms with E-state index in [-0.39, 0.29) is 0 Å². The summed E-state index contributed by atoms with van der Waals surface area (Å²) >= 11 is 3.51. The molecule has 3 nitrogen and oxygen atoms in total. The molecular formula is C16H21N3S2. The van der Waals surface area contributed by atoms with Crippen LogP contribution in [0.4, 0.5) is 5.69 Å². The average Bonchev–Trinajstić information content (AvgIpc) is 3.13. The quantitative estimate of drug-likeness (QED) is 0.860. The van der Waals surface area contributed by atoms with Crippen LogP contribution in [0.1, 0.15) is 26.2 Å². The van der Waals surface area contributed by atoms with E-state index in [1.165, 1.54) is 36.2 Å². The molecular weight excluding hydrogens is 298 g/mol. The first-order valence-corrected chi connectivity index (χ1v) is 9.74. The highest BCUT2D eigenvalue weighted by Crippen LogP contribution is 2.35. The molecule has 1 N–H and O–H groups in total. The summed E-state index contributed by atoms with van der Waals surface area (Å²) in [5.41, 5.74) is 2.36. The third-order valence-corrected chi connectivity index (χ3v) is 6.56. The second-order valence-electron chi connectivity index (χ2n) is 6.22. The van der Waals surface area contributed by atoms with Gasteiger partial charge in [0.1, 0.15) is 0 Å². The van der Waals surface area contributed by atoms with E-state index in [1.54, 1.807) is 23.1 Å². The summed E-state index contributed by atoms with van der Waals surface area (Å²) in [6, 6.07) is 8.77. The highest BCUT2D eigenvalue weighted by molar-refractivity contribution is 8.00. The number of thioether (sulfide) groups is 1. The van der Waals surface area contributed by atoms with Gasteiger partial charge in [-0.1, -0.05) is 11.8 Å². The lowest BCUT2D eigenvalue weighted by Crippen LogP contribution is -2.30. The summed E-state index contributed by atoms with van der Waals surface area (Å²) in [6.45, 7) is 3.57. The van der Waals surface area contributed by atoms with E-state index in [9.17, 15) is 0 Å². The molecule has 1 aromatic heterocycles. The number of fused-ring (bicyclic) bond motifs is 1. The van der Waals surface area contributed by atoms with Crippen LogP contribution in [0.15, 0.2) is 22.5 Å². The molecule has 1 saturated carbocycles. The topological polar surface area (TPSA) is 28.2 Å². The molecule has 1 aromatic carbocycles. The van der Waals surface area contributed by atoms with Crippen molar-refractivity contribution in [1.29, 1.82) is 0 Å². The molecule has 1 saturated heterocycles. The lowest BCUT2D eigenvalue weighted by atomic mass is 10.2. The van der Waals surface area contributed by atoms with Gasteiger partial charge in [0.25, 0.3) is 0 Å². The Kier molecular flexibility index (Phi) is 3.59. The second-order valence-corrected chi connectivity index (χ2v) is 8.30. The van der Waals surface area contributed by atoms with Crippen LogP contribution in [0.25, 0.3) is 10.2 Å². The SMILES string of the molecule is CSc1nc2ccc(NC3CC(C)N(C4CC4)C3)cc2s1. The van der Waals surface area contributed by atoms with Gasteiger partial charge in [-0.25, -0.2) is 4.98 Å². The number of benzene rings is 1. The van der Waals surface area contributed by atoms with Crippen molar-refractivity contribution in [3.05, 3.63) is 18.2 Å². The number of likely N-dealkylation sites (tertiary alicyclic amines) is 1. The van der Waals surface area contributed by atoms with Gasteiger partial charge < -0.3 is 5.32 Å². The Balaban J connectivity index is 1.49. The molecule has 2 fully saturated rings. The van der Waals surface area contributed by atoms with Gasteiger partial charge in [-0.3, -0.25) is 4.90 Å². The standard InChI is InChI=1S/C16H21N3S2/c1-10-7-12(9-19(10)13-4-5-13)17-11-3-6-14-15(8-11)21-16(18-14)20-2/h3,6,8,10,12-13,17H,4-5,7,9H2,1-2H3. The maximum atomic E-state index is 4.61. The van der Waals surface area contributed by atoms with E-state index >= 15 is 0 Å². The summed E-state index contributed by atoms with van der Waals surface area (Å²) < 4.78 is 2.44. The molecule has 0 bridgehead atoms. The van der Waals surface area contributed by atoms with Crippen molar-refractivity contribution in [2.75, 3.05) is 18.1 Å². The Morgan fingerprint density at radius 2 is 2.24 bits per heavy atom. The van der Waals surface area contributed by atoms with Crippen molar-refractivity contribution in [3.63, 3.8) is 0 Å². The second kappa shape index (κ2) is 5.45. The Hall–Kier alpha value is -0.780. The smallest absolute Gasteiger partial charge is 0.150 e. The minimum Gasteiger partial charge on any atom is -0.381 e. The van der Waals surface area contributed by atoms with Crippen LogP contribution in [0.3, 0.4) is 0 Å². The van der Waals surface area contributed by atoms with E-state index < -0.39 is 0 Å².